The maximum Gasteiger partial charge on any atom is 0.317 e. The average Bonchev–Trinajstić information content (AvgIpc) is 3.23. The minimum atomic E-state index is -0.316. The minimum absolute atomic E-state index is 0.159. The van der Waals surface area contributed by atoms with E-state index in [1.807, 2.05) is 49.4 Å². The van der Waals surface area contributed by atoms with Gasteiger partial charge in [0, 0.05) is 25.8 Å². The SMILES string of the molecule is Cc1ccccc1CN(C)C(=O)NCc1cccc(NC(=O)c2ccco2)c1. The normalized spacial score (nSPS) is 10.4. The zero-order valence-corrected chi connectivity index (χ0v) is 15.9. The number of nitrogens with zero attached hydrogens (tertiary/aromatic N) is 1. The van der Waals surface area contributed by atoms with E-state index >= 15 is 0 Å². The van der Waals surface area contributed by atoms with Crippen LogP contribution in [-0.2, 0) is 13.1 Å². The summed E-state index contributed by atoms with van der Waals surface area (Å²) in [5, 5.41) is 5.68. The molecule has 1 heterocycles. The Balaban J connectivity index is 1.54. The van der Waals surface area contributed by atoms with Crippen molar-refractivity contribution in [1.82, 2.24) is 10.2 Å². The Labute approximate surface area is 164 Å². The highest BCUT2D eigenvalue weighted by molar-refractivity contribution is 6.02. The molecule has 3 amide bonds. The first-order valence-corrected chi connectivity index (χ1v) is 9.00. The Morgan fingerprint density at radius 1 is 1.04 bits per heavy atom. The fourth-order valence-corrected chi connectivity index (χ4v) is 2.79. The highest BCUT2D eigenvalue weighted by Crippen LogP contribution is 2.13. The van der Waals surface area contributed by atoms with Crippen molar-refractivity contribution in [2.75, 3.05) is 12.4 Å². The third-order valence-corrected chi connectivity index (χ3v) is 4.39. The Morgan fingerprint density at radius 3 is 2.61 bits per heavy atom. The first-order valence-electron chi connectivity index (χ1n) is 9.00. The Hall–Kier alpha value is -3.54. The van der Waals surface area contributed by atoms with E-state index in [4.69, 9.17) is 4.42 Å². The number of benzene rings is 2. The number of amides is 3. The van der Waals surface area contributed by atoms with Crippen LogP contribution < -0.4 is 10.6 Å². The molecule has 0 spiro atoms. The second-order valence-corrected chi connectivity index (χ2v) is 6.57. The van der Waals surface area contributed by atoms with E-state index in [1.165, 1.54) is 6.26 Å². The molecule has 0 aliphatic rings. The number of urea groups is 1. The molecule has 0 atom stereocenters. The fourth-order valence-electron chi connectivity index (χ4n) is 2.79. The molecule has 3 aromatic rings. The predicted molar refractivity (Wildman–Crippen MR) is 108 cm³/mol. The molecule has 0 bridgehead atoms. The van der Waals surface area contributed by atoms with E-state index in [0.29, 0.717) is 18.8 Å². The van der Waals surface area contributed by atoms with Crippen LogP contribution in [0.5, 0.6) is 0 Å². The smallest absolute Gasteiger partial charge is 0.317 e. The van der Waals surface area contributed by atoms with Crippen molar-refractivity contribution in [2.45, 2.75) is 20.0 Å². The number of carbonyl (C=O) groups is 2. The number of aryl methyl sites for hydroxylation is 1. The van der Waals surface area contributed by atoms with Crippen LogP contribution in [0.25, 0.3) is 0 Å². The Bertz CT molecular complexity index is 951. The Kier molecular flexibility index (Phi) is 6.11. The molecule has 6 nitrogen and oxygen atoms in total. The summed E-state index contributed by atoms with van der Waals surface area (Å²) < 4.78 is 5.09. The molecule has 144 valence electrons. The second kappa shape index (κ2) is 8.90. The maximum absolute atomic E-state index is 12.4. The van der Waals surface area contributed by atoms with Gasteiger partial charge in [-0.15, -0.1) is 0 Å². The molecule has 0 unspecified atom stereocenters. The zero-order valence-electron chi connectivity index (χ0n) is 15.9. The molecule has 1 aromatic heterocycles. The van der Waals surface area contributed by atoms with E-state index in [-0.39, 0.29) is 17.7 Å². The lowest BCUT2D eigenvalue weighted by atomic mass is 10.1. The second-order valence-electron chi connectivity index (χ2n) is 6.57. The maximum atomic E-state index is 12.4. The van der Waals surface area contributed by atoms with Crippen molar-refractivity contribution in [3.63, 3.8) is 0 Å². The third-order valence-electron chi connectivity index (χ3n) is 4.39. The lowest BCUT2D eigenvalue weighted by Gasteiger charge is -2.19. The molecule has 2 N–H and O–H groups in total. The van der Waals surface area contributed by atoms with Crippen molar-refractivity contribution in [3.8, 4) is 0 Å². The number of hydrogen-bond donors (Lipinski definition) is 2. The van der Waals surface area contributed by atoms with Gasteiger partial charge in [-0.2, -0.15) is 0 Å². The number of nitrogens with one attached hydrogen (secondary N) is 2. The van der Waals surface area contributed by atoms with Gasteiger partial charge in [-0.3, -0.25) is 4.79 Å². The van der Waals surface area contributed by atoms with E-state index < -0.39 is 0 Å². The summed E-state index contributed by atoms with van der Waals surface area (Å²) in [5.41, 5.74) is 3.79. The molecule has 3 rings (SSSR count). The molecule has 2 aromatic carbocycles. The number of hydrogen-bond acceptors (Lipinski definition) is 3. The summed E-state index contributed by atoms with van der Waals surface area (Å²) in [6.07, 6.45) is 1.45. The van der Waals surface area contributed by atoms with Crippen LogP contribution in [0.1, 0.15) is 27.2 Å². The van der Waals surface area contributed by atoms with Crippen LogP contribution in [0, 0.1) is 6.92 Å². The number of carbonyl (C=O) groups excluding carboxylic acids is 2. The highest BCUT2D eigenvalue weighted by Gasteiger charge is 2.11. The van der Waals surface area contributed by atoms with Gasteiger partial charge >= 0.3 is 6.03 Å². The molecule has 0 saturated heterocycles. The molecule has 0 radical (unpaired) electrons. The lowest BCUT2D eigenvalue weighted by Crippen LogP contribution is -2.36. The van der Waals surface area contributed by atoms with E-state index in [2.05, 4.69) is 10.6 Å². The highest BCUT2D eigenvalue weighted by atomic mass is 16.3. The first-order chi connectivity index (χ1) is 13.5. The van der Waals surface area contributed by atoms with Gasteiger partial charge in [0.1, 0.15) is 0 Å². The summed E-state index contributed by atoms with van der Waals surface area (Å²) in [5.74, 6) is -0.0688. The quantitative estimate of drug-likeness (QED) is 0.677. The summed E-state index contributed by atoms with van der Waals surface area (Å²) in [7, 11) is 1.77. The standard InChI is InChI=1S/C22H23N3O3/c1-16-7-3-4-9-18(16)15-25(2)22(27)23-14-17-8-5-10-19(13-17)24-21(26)20-11-6-12-28-20/h3-13H,14-15H2,1-2H3,(H,23,27)(H,24,26). The molecule has 0 aliphatic carbocycles. The molecular weight excluding hydrogens is 354 g/mol. The topological polar surface area (TPSA) is 74.6 Å². The van der Waals surface area contributed by atoms with Gasteiger partial charge in [0.05, 0.1) is 6.26 Å². The van der Waals surface area contributed by atoms with Crippen LogP contribution in [0.4, 0.5) is 10.5 Å². The van der Waals surface area contributed by atoms with Gasteiger partial charge in [0.25, 0.3) is 5.91 Å². The molecule has 6 heteroatoms. The Morgan fingerprint density at radius 2 is 1.86 bits per heavy atom. The van der Waals surface area contributed by atoms with Crippen LogP contribution >= 0.6 is 0 Å². The predicted octanol–water partition coefficient (Wildman–Crippen LogP) is 4.18. The van der Waals surface area contributed by atoms with E-state index in [1.54, 1.807) is 30.1 Å². The van der Waals surface area contributed by atoms with Gasteiger partial charge < -0.3 is 20.0 Å². The van der Waals surface area contributed by atoms with Crippen LogP contribution in [0.3, 0.4) is 0 Å². The number of rotatable bonds is 6. The molecule has 0 fully saturated rings. The van der Waals surface area contributed by atoms with Gasteiger partial charge in [-0.05, 0) is 47.9 Å². The largest absolute Gasteiger partial charge is 0.459 e. The number of anilines is 1. The van der Waals surface area contributed by atoms with E-state index in [0.717, 1.165) is 16.7 Å². The van der Waals surface area contributed by atoms with E-state index in [9.17, 15) is 9.59 Å². The molecular formula is C22H23N3O3. The van der Waals surface area contributed by atoms with Gasteiger partial charge in [0.2, 0.25) is 0 Å². The van der Waals surface area contributed by atoms with Crippen molar-refractivity contribution in [1.29, 1.82) is 0 Å². The minimum Gasteiger partial charge on any atom is -0.459 e. The molecule has 0 aliphatic heterocycles. The molecule has 0 saturated carbocycles. The van der Waals surface area contributed by atoms with Crippen molar-refractivity contribution in [3.05, 3.63) is 89.4 Å². The van der Waals surface area contributed by atoms with Crippen molar-refractivity contribution in [2.24, 2.45) is 0 Å². The summed E-state index contributed by atoms with van der Waals surface area (Å²) in [4.78, 5) is 26.1. The lowest BCUT2D eigenvalue weighted by molar-refractivity contribution is 0.0996. The average molecular weight is 377 g/mol. The van der Waals surface area contributed by atoms with Gasteiger partial charge in [0.15, 0.2) is 5.76 Å². The fraction of sp³-hybridized carbons (Fsp3) is 0.182. The monoisotopic (exact) mass is 377 g/mol. The van der Waals surface area contributed by atoms with Gasteiger partial charge in [-0.25, -0.2) is 4.79 Å². The van der Waals surface area contributed by atoms with Crippen molar-refractivity contribution < 1.29 is 14.0 Å². The van der Waals surface area contributed by atoms with Crippen LogP contribution in [-0.4, -0.2) is 23.9 Å². The summed E-state index contributed by atoms with van der Waals surface area (Å²) in [6, 6.07) is 18.4. The molecule has 28 heavy (non-hydrogen) atoms. The first kappa shape index (κ1) is 19.2. The van der Waals surface area contributed by atoms with Crippen LogP contribution in [0.2, 0.25) is 0 Å². The van der Waals surface area contributed by atoms with Crippen LogP contribution in [0.15, 0.2) is 71.3 Å². The zero-order chi connectivity index (χ0) is 19.9. The summed E-state index contributed by atoms with van der Waals surface area (Å²) >= 11 is 0. The number of furan rings is 1. The third kappa shape index (κ3) is 5.01. The van der Waals surface area contributed by atoms with Crippen molar-refractivity contribution >= 4 is 17.6 Å². The summed E-state index contributed by atoms with van der Waals surface area (Å²) in [6.45, 7) is 2.93. The van der Waals surface area contributed by atoms with Gasteiger partial charge in [-0.1, -0.05) is 36.4 Å².